The van der Waals surface area contributed by atoms with E-state index < -0.39 is 11.6 Å². The van der Waals surface area contributed by atoms with Crippen LogP contribution in [-0.2, 0) is 13.0 Å². The van der Waals surface area contributed by atoms with Gasteiger partial charge in [-0.05, 0) is 6.26 Å². The summed E-state index contributed by atoms with van der Waals surface area (Å²) in [4.78, 5) is 4.35. The lowest BCUT2D eigenvalue weighted by molar-refractivity contribution is 0.510. The maximum Gasteiger partial charge on any atom is 0.161 e. The minimum atomic E-state index is -0.868. The number of fused-ring (bicyclic) bond motifs is 1. The average Bonchev–Trinajstić information content (AvgIpc) is 2.68. The van der Waals surface area contributed by atoms with E-state index in [1.54, 1.807) is 11.8 Å². The van der Waals surface area contributed by atoms with Crippen molar-refractivity contribution in [2.24, 2.45) is 0 Å². The number of aromatic nitrogens is 2. The first kappa shape index (κ1) is 14.6. The van der Waals surface area contributed by atoms with Gasteiger partial charge in [0, 0.05) is 36.2 Å². The van der Waals surface area contributed by atoms with Gasteiger partial charge in [-0.2, -0.15) is 11.8 Å². The van der Waals surface area contributed by atoms with Crippen molar-refractivity contribution in [1.82, 2.24) is 9.55 Å². The molecule has 104 valence electrons. The summed E-state index contributed by atoms with van der Waals surface area (Å²) in [6.07, 6.45) is 2.60. The summed E-state index contributed by atoms with van der Waals surface area (Å²) < 4.78 is 28.6. The third-order valence-corrected chi connectivity index (χ3v) is 4.17. The molecule has 1 atom stereocenters. The molecule has 0 radical (unpaired) electrons. The van der Waals surface area contributed by atoms with Crippen LogP contribution < -0.4 is 0 Å². The van der Waals surface area contributed by atoms with E-state index in [0.29, 0.717) is 35.1 Å². The van der Waals surface area contributed by atoms with Gasteiger partial charge in [-0.15, -0.1) is 11.6 Å². The molecule has 2 nitrogen and oxygen atoms in total. The van der Waals surface area contributed by atoms with E-state index in [4.69, 9.17) is 11.6 Å². The number of hydrogen-bond donors (Lipinski definition) is 0. The lowest BCUT2D eigenvalue weighted by Crippen LogP contribution is -2.12. The Balaban J connectivity index is 2.55. The molecular formula is C13H15ClF2N2S. The number of rotatable bonds is 5. The molecule has 0 aliphatic carbocycles. The summed E-state index contributed by atoms with van der Waals surface area (Å²) in [5.41, 5.74) is 1.10. The Morgan fingerprint density at radius 1 is 1.37 bits per heavy atom. The molecule has 0 aliphatic rings. The van der Waals surface area contributed by atoms with Gasteiger partial charge in [0.25, 0.3) is 0 Å². The van der Waals surface area contributed by atoms with E-state index in [1.807, 2.05) is 10.8 Å². The lowest BCUT2D eigenvalue weighted by Gasteiger charge is -2.13. The number of thioether (sulfide) groups is 1. The molecule has 0 N–H and O–H groups in total. The number of nitrogens with zero attached hydrogens (tertiary/aromatic N) is 2. The quantitative estimate of drug-likeness (QED) is 0.781. The second-order valence-electron chi connectivity index (χ2n) is 4.38. The van der Waals surface area contributed by atoms with E-state index in [-0.39, 0.29) is 0 Å². The predicted molar refractivity (Wildman–Crippen MR) is 77.1 cm³/mol. The summed E-state index contributed by atoms with van der Waals surface area (Å²) in [5, 5.41) is 0.361. The van der Waals surface area contributed by atoms with Crippen molar-refractivity contribution in [1.29, 1.82) is 0 Å². The number of alkyl halides is 1. The third-order valence-electron chi connectivity index (χ3n) is 3.03. The topological polar surface area (TPSA) is 17.8 Å². The van der Waals surface area contributed by atoms with Crippen LogP contribution in [0, 0.1) is 11.6 Å². The Morgan fingerprint density at radius 2 is 2.05 bits per heavy atom. The van der Waals surface area contributed by atoms with E-state index in [0.717, 1.165) is 11.9 Å². The minimum absolute atomic E-state index is 0.361. The van der Waals surface area contributed by atoms with Gasteiger partial charge in [0.15, 0.2) is 11.6 Å². The minimum Gasteiger partial charge on any atom is -0.327 e. The van der Waals surface area contributed by atoms with Gasteiger partial charge in [-0.3, -0.25) is 0 Å². The molecule has 19 heavy (non-hydrogen) atoms. The number of imidazole rings is 1. The standard InChI is InChI=1S/C13H15ClF2N2S/c1-8(19-2)7-18-12-6-10(16)9(15)5-11(12)17-13(18)3-4-14/h5-6,8H,3-4,7H2,1-2H3. The number of hydrogen-bond acceptors (Lipinski definition) is 2. The van der Waals surface area contributed by atoms with Gasteiger partial charge < -0.3 is 4.57 Å². The van der Waals surface area contributed by atoms with Crippen LogP contribution in [-0.4, -0.2) is 26.9 Å². The van der Waals surface area contributed by atoms with Crippen LogP contribution in [0.15, 0.2) is 12.1 Å². The van der Waals surface area contributed by atoms with Crippen LogP contribution in [0.5, 0.6) is 0 Å². The summed E-state index contributed by atoms with van der Waals surface area (Å²) in [7, 11) is 0. The largest absolute Gasteiger partial charge is 0.327 e. The molecule has 2 rings (SSSR count). The molecule has 0 amide bonds. The molecular weight excluding hydrogens is 290 g/mol. The van der Waals surface area contributed by atoms with Gasteiger partial charge in [-0.25, -0.2) is 13.8 Å². The van der Waals surface area contributed by atoms with Gasteiger partial charge in [-0.1, -0.05) is 6.92 Å². The first-order valence-electron chi connectivity index (χ1n) is 5.99. The smallest absolute Gasteiger partial charge is 0.161 e. The molecule has 0 bridgehead atoms. The highest BCUT2D eigenvalue weighted by molar-refractivity contribution is 7.99. The fraction of sp³-hybridized carbons (Fsp3) is 0.462. The molecule has 0 aliphatic heterocycles. The van der Waals surface area contributed by atoms with Crippen LogP contribution in [0.25, 0.3) is 11.0 Å². The van der Waals surface area contributed by atoms with Crippen LogP contribution >= 0.6 is 23.4 Å². The van der Waals surface area contributed by atoms with Gasteiger partial charge in [0.2, 0.25) is 0 Å². The molecule has 0 fully saturated rings. The highest BCUT2D eigenvalue weighted by Crippen LogP contribution is 2.22. The normalized spacial score (nSPS) is 13.1. The van der Waals surface area contributed by atoms with Crippen molar-refractivity contribution in [2.75, 3.05) is 12.1 Å². The van der Waals surface area contributed by atoms with Crippen LogP contribution in [0.1, 0.15) is 12.7 Å². The van der Waals surface area contributed by atoms with Crippen LogP contribution in [0.4, 0.5) is 8.78 Å². The summed E-state index contributed by atoms with van der Waals surface area (Å²) in [6, 6.07) is 2.35. The fourth-order valence-corrected chi connectivity index (χ4v) is 2.45. The number of benzene rings is 1. The molecule has 1 aromatic carbocycles. The van der Waals surface area contributed by atoms with Crippen molar-refractivity contribution in [3.63, 3.8) is 0 Å². The average molecular weight is 305 g/mol. The van der Waals surface area contributed by atoms with E-state index in [1.165, 1.54) is 6.07 Å². The Bertz CT molecular complexity index is 586. The van der Waals surface area contributed by atoms with E-state index in [2.05, 4.69) is 11.9 Å². The number of halogens is 3. The SMILES string of the molecule is CSC(C)Cn1c(CCCl)nc2cc(F)c(F)cc21. The summed E-state index contributed by atoms with van der Waals surface area (Å²) in [5.74, 6) is -0.506. The molecule has 2 aromatic rings. The second kappa shape index (κ2) is 6.09. The van der Waals surface area contributed by atoms with Gasteiger partial charge in [0.05, 0.1) is 11.0 Å². The molecule has 0 spiro atoms. The Morgan fingerprint density at radius 3 is 2.68 bits per heavy atom. The predicted octanol–water partition coefficient (Wildman–Crippen LogP) is 3.85. The van der Waals surface area contributed by atoms with Gasteiger partial charge >= 0.3 is 0 Å². The van der Waals surface area contributed by atoms with Crippen LogP contribution in [0.3, 0.4) is 0 Å². The van der Waals surface area contributed by atoms with E-state index >= 15 is 0 Å². The van der Waals surface area contributed by atoms with Crippen molar-refractivity contribution < 1.29 is 8.78 Å². The highest BCUT2D eigenvalue weighted by atomic mass is 35.5. The van der Waals surface area contributed by atoms with Gasteiger partial charge in [0.1, 0.15) is 5.82 Å². The highest BCUT2D eigenvalue weighted by Gasteiger charge is 2.15. The molecule has 0 saturated heterocycles. The Hall–Kier alpha value is -0.810. The maximum absolute atomic E-state index is 13.4. The fourth-order valence-electron chi connectivity index (χ4n) is 1.98. The zero-order valence-electron chi connectivity index (χ0n) is 10.8. The molecule has 6 heteroatoms. The molecule has 1 aromatic heterocycles. The summed E-state index contributed by atoms with van der Waals surface area (Å²) >= 11 is 7.48. The molecule has 1 unspecified atom stereocenters. The Kier molecular flexibility index (Phi) is 4.68. The van der Waals surface area contributed by atoms with Crippen molar-refractivity contribution in [2.45, 2.75) is 25.1 Å². The zero-order chi connectivity index (χ0) is 14.0. The summed E-state index contributed by atoms with van der Waals surface area (Å²) in [6.45, 7) is 2.79. The second-order valence-corrected chi connectivity index (χ2v) is 6.03. The van der Waals surface area contributed by atoms with Crippen molar-refractivity contribution in [3.05, 3.63) is 29.6 Å². The maximum atomic E-state index is 13.4. The third kappa shape index (κ3) is 3.03. The Labute approximate surface area is 120 Å². The monoisotopic (exact) mass is 304 g/mol. The number of aryl methyl sites for hydroxylation is 1. The zero-order valence-corrected chi connectivity index (χ0v) is 12.4. The first-order chi connectivity index (χ1) is 9.06. The lowest BCUT2D eigenvalue weighted by atomic mass is 10.3. The first-order valence-corrected chi connectivity index (χ1v) is 7.82. The molecule has 0 saturated carbocycles. The van der Waals surface area contributed by atoms with Crippen molar-refractivity contribution >= 4 is 34.4 Å². The van der Waals surface area contributed by atoms with Crippen LogP contribution in [0.2, 0.25) is 0 Å². The van der Waals surface area contributed by atoms with E-state index in [9.17, 15) is 8.78 Å². The molecule has 1 heterocycles. The van der Waals surface area contributed by atoms with Crippen molar-refractivity contribution in [3.8, 4) is 0 Å².